The second-order valence-electron chi connectivity index (χ2n) is 18.1. The summed E-state index contributed by atoms with van der Waals surface area (Å²) in [5, 5.41) is 11.8. The number of nitrogen functional groups attached to an aromatic ring is 1. The number of aromatic nitrogens is 4. The average molecular weight is 860 g/mol. The Morgan fingerprint density at radius 2 is 1.58 bits per heavy atom. The van der Waals surface area contributed by atoms with E-state index in [1.54, 1.807) is 12.1 Å². The minimum absolute atomic E-state index is 0.0787. The van der Waals surface area contributed by atoms with Crippen LogP contribution in [0, 0.1) is 11.3 Å². The number of carbonyl (C=O) groups is 4. The number of aliphatic imine (C=N–C) groups is 1. The Hall–Kier alpha value is -6.94. The maximum absolute atomic E-state index is 13.4. The molecule has 0 bridgehead atoms. The summed E-state index contributed by atoms with van der Waals surface area (Å²) in [5.74, 6) is 0.473. The van der Waals surface area contributed by atoms with Crippen LogP contribution < -0.4 is 26.0 Å². The van der Waals surface area contributed by atoms with E-state index in [-0.39, 0.29) is 36.4 Å². The van der Waals surface area contributed by atoms with Crippen LogP contribution in [0.5, 0.6) is 11.5 Å². The molecule has 2 aromatic heterocycles. The molecule has 0 radical (unpaired) electrons. The van der Waals surface area contributed by atoms with Gasteiger partial charge in [-0.25, -0.2) is 14.6 Å². The lowest BCUT2D eigenvalue weighted by molar-refractivity contribution is -0.136. The van der Waals surface area contributed by atoms with Gasteiger partial charge in [0.05, 0.1) is 22.6 Å². The highest BCUT2D eigenvalue weighted by Crippen LogP contribution is 2.54. The van der Waals surface area contributed by atoms with E-state index in [1.807, 2.05) is 60.7 Å². The number of rotatable bonds is 9. The average Bonchev–Trinajstić information content (AvgIpc) is 3.82. The van der Waals surface area contributed by atoms with E-state index in [0.717, 1.165) is 116 Å². The second kappa shape index (κ2) is 16.0. The third-order valence-corrected chi connectivity index (χ3v) is 14.2. The smallest absolute Gasteiger partial charge is 0.262 e. The zero-order valence-corrected chi connectivity index (χ0v) is 35.4. The first kappa shape index (κ1) is 39.9. The van der Waals surface area contributed by atoms with Crippen LogP contribution in [0.15, 0.2) is 95.9 Å². The molecule has 64 heavy (non-hydrogen) atoms. The number of hydrogen-bond donors (Lipinski definition) is 3. The van der Waals surface area contributed by atoms with Crippen molar-refractivity contribution in [2.45, 2.75) is 69.6 Å². The summed E-state index contributed by atoms with van der Waals surface area (Å²) in [6, 6.07) is 22.2. The van der Waals surface area contributed by atoms with E-state index in [1.165, 1.54) is 11.9 Å². The Morgan fingerprint density at radius 1 is 0.828 bits per heavy atom. The fourth-order valence-corrected chi connectivity index (χ4v) is 10.7. The third-order valence-electron chi connectivity index (χ3n) is 14.2. The molecule has 1 saturated carbocycles. The summed E-state index contributed by atoms with van der Waals surface area (Å²) in [6.07, 6.45) is 12.3. The lowest BCUT2D eigenvalue weighted by Crippen LogP contribution is -2.54. The Morgan fingerprint density at radius 3 is 2.31 bits per heavy atom. The van der Waals surface area contributed by atoms with Crippen molar-refractivity contribution >= 4 is 52.4 Å². The number of benzene rings is 3. The predicted molar refractivity (Wildman–Crippen MR) is 240 cm³/mol. The lowest BCUT2D eigenvalue weighted by Gasteiger charge is -2.54. The molecule has 1 aliphatic carbocycles. The number of nitrogens with two attached hydrogens (primary N) is 1. The van der Waals surface area contributed by atoms with E-state index in [4.69, 9.17) is 20.6 Å². The Bertz CT molecular complexity index is 2730. The van der Waals surface area contributed by atoms with Crippen molar-refractivity contribution in [3.63, 3.8) is 0 Å². The second-order valence-corrected chi connectivity index (χ2v) is 18.1. The van der Waals surface area contributed by atoms with Gasteiger partial charge in [0.2, 0.25) is 11.8 Å². The first-order chi connectivity index (χ1) is 31.2. The van der Waals surface area contributed by atoms with Crippen LogP contribution in [0.25, 0.3) is 22.3 Å². The van der Waals surface area contributed by atoms with Crippen molar-refractivity contribution in [3.8, 4) is 22.8 Å². The van der Waals surface area contributed by atoms with Gasteiger partial charge >= 0.3 is 0 Å². The van der Waals surface area contributed by atoms with Crippen LogP contribution in [-0.2, 0) is 9.59 Å². The number of likely N-dealkylation sites (tertiary alicyclic amines) is 1. The van der Waals surface area contributed by atoms with Crippen molar-refractivity contribution in [2.75, 3.05) is 43.4 Å². The molecule has 11 rings (SSSR count). The van der Waals surface area contributed by atoms with Crippen LogP contribution in [-0.4, -0.2) is 104 Å². The van der Waals surface area contributed by atoms with E-state index >= 15 is 0 Å². The lowest BCUT2D eigenvalue weighted by atomic mass is 9.56. The van der Waals surface area contributed by atoms with Crippen LogP contribution in [0.4, 0.5) is 11.5 Å². The van der Waals surface area contributed by atoms with Gasteiger partial charge in [0, 0.05) is 68.7 Å². The maximum Gasteiger partial charge on any atom is 0.262 e. The number of ether oxygens (including phenoxy) is 1. The summed E-state index contributed by atoms with van der Waals surface area (Å²) < 4.78 is 8.06. The SMILES string of the molecule is Nc1ncnc2c1c(-c1ccc(Oc3ccccc3)cc1)nn2C1CCN(CC2=CNC(C3CC4(CCN(c5ccc6c(c5)C(=O)N(C5CCC(=O)NC5=O)C6=O)CC4)C3)N=C2)CC1. The molecule has 16 nitrogen and oxygen atoms in total. The molecule has 2 atom stereocenters. The van der Waals surface area contributed by atoms with Crippen molar-refractivity contribution in [1.82, 2.24) is 40.2 Å². The van der Waals surface area contributed by atoms with Crippen molar-refractivity contribution in [1.29, 1.82) is 0 Å². The van der Waals surface area contributed by atoms with Crippen LogP contribution in [0.1, 0.15) is 78.1 Å². The van der Waals surface area contributed by atoms with Gasteiger partial charge in [-0.05, 0) is 111 Å². The van der Waals surface area contributed by atoms with Gasteiger partial charge in [0.1, 0.15) is 41.5 Å². The van der Waals surface area contributed by atoms with Crippen molar-refractivity contribution < 1.29 is 23.9 Å². The fourth-order valence-electron chi connectivity index (χ4n) is 10.7. The first-order valence-electron chi connectivity index (χ1n) is 22.3. The molecule has 4 fully saturated rings. The summed E-state index contributed by atoms with van der Waals surface area (Å²) in [5.41, 5.74) is 11.9. The molecule has 5 aromatic rings. The highest BCUT2D eigenvalue weighted by atomic mass is 16.5. The number of piperidine rings is 3. The molecule has 2 unspecified atom stereocenters. The van der Waals surface area contributed by atoms with Gasteiger partial charge in [-0.2, -0.15) is 5.10 Å². The molecular weight excluding hydrogens is 811 g/mol. The molecule has 6 aliphatic rings. The summed E-state index contributed by atoms with van der Waals surface area (Å²) >= 11 is 0. The molecule has 4 amide bonds. The fraction of sp³-hybridized carbons (Fsp3) is 0.375. The van der Waals surface area contributed by atoms with Crippen LogP contribution in [0.2, 0.25) is 0 Å². The maximum atomic E-state index is 13.4. The number of hydrogen-bond acceptors (Lipinski definition) is 13. The van der Waals surface area contributed by atoms with Gasteiger partial charge in [0.25, 0.3) is 11.8 Å². The Labute approximate surface area is 369 Å². The van der Waals surface area contributed by atoms with E-state index in [9.17, 15) is 19.2 Å². The topological polar surface area (TPSA) is 193 Å². The van der Waals surface area contributed by atoms with Gasteiger partial charge in [0.15, 0.2) is 5.65 Å². The van der Waals surface area contributed by atoms with E-state index < -0.39 is 23.8 Å². The molecular formula is C48H49N11O5. The zero-order valence-electron chi connectivity index (χ0n) is 35.4. The number of nitrogens with zero attached hydrogens (tertiary/aromatic N) is 8. The largest absolute Gasteiger partial charge is 0.457 e. The number of anilines is 2. The molecule has 7 heterocycles. The quantitative estimate of drug-likeness (QED) is 0.158. The Kier molecular flexibility index (Phi) is 9.97. The summed E-state index contributed by atoms with van der Waals surface area (Å²) in [4.78, 5) is 70.5. The Balaban J connectivity index is 0.656. The number of carbonyl (C=O) groups excluding carboxylic acids is 4. The van der Waals surface area contributed by atoms with Gasteiger partial charge in [-0.1, -0.05) is 18.2 Å². The molecule has 326 valence electrons. The standard InChI is InChI=1S/C48H49N11O5/c49-42-40-41(30-6-9-35(10-7-30)64-34-4-2-1-3-5-34)55-59(44(40)53-28-52-42)32-14-18-56(19-15-32)27-29-25-50-43(51-26-29)31-23-48(24-31)16-20-57(21-17-48)33-8-11-36-37(22-33)47(63)58(46(36)62)38-12-13-39(60)54-45(38)61/h1-11,22,25-26,28,31-32,38,43,50H,12-21,23-24,27H2,(H2,49,52,53)(H,54,60,61). The van der Waals surface area contributed by atoms with Crippen LogP contribution in [0.3, 0.4) is 0 Å². The normalized spacial score (nSPS) is 22.7. The van der Waals surface area contributed by atoms with E-state index in [0.29, 0.717) is 22.9 Å². The van der Waals surface area contributed by atoms with Crippen LogP contribution >= 0.6 is 0 Å². The highest BCUT2D eigenvalue weighted by Gasteiger charge is 2.49. The summed E-state index contributed by atoms with van der Waals surface area (Å²) in [7, 11) is 0. The number of nitrogens with one attached hydrogen (secondary N) is 2. The van der Waals surface area contributed by atoms with Gasteiger partial charge in [-0.3, -0.25) is 39.3 Å². The number of imide groups is 2. The molecule has 16 heteroatoms. The molecule has 5 aliphatic heterocycles. The molecule has 1 spiro atoms. The monoisotopic (exact) mass is 859 g/mol. The number of fused-ring (bicyclic) bond motifs is 2. The molecule has 3 saturated heterocycles. The van der Waals surface area contributed by atoms with Gasteiger partial charge in [-0.15, -0.1) is 0 Å². The summed E-state index contributed by atoms with van der Waals surface area (Å²) in [6.45, 7) is 4.40. The van der Waals surface area contributed by atoms with Gasteiger partial charge < -0.3 is 20.7 Å². The first-order valence-corrected chi connectivity index (χ1v) is 22.3. The third kappa shape index (κ3) is 7.24. The van der Waals surface area contributed by atoms with Crippen molar-refractivity contribution in [2.24, 2.45) is 16.3 Å². The zero-order chi connectivity index (χ0) is 43.5. The highest BCUT2D eigenvalue weighted by molar-refractivity contribution is 6.23. The predicted octanol–water partition coefficient (Wildman–Crippen LogP) is 5.49. The number of para-hydroxylation sites is 1. The molecule has 3 aromatic carbocycles. The minimum atomic E-state index is -0.968. The minimum Gasteiger partial charge on any atom is -0.457 e. The molecule has 4 N–H and O–H groups in total. The van der Waals surface area contributed by atoms with Crippen molar-refractivity contribution in [3.05, 3.63) is 102 Å². The van der Waals surface area contributed by atoms with E-state index in [2.05, 4.69) is 47.5 Å². The number of amides is 4.